The van der Waals surface area contributed by atoms with Crippen molar-refractivity contribution in [2.24, 2.45) is 0 Å². The minimum atomic E-state index is 0.190. The fourth-order valence-electron chi connectivity index (χ4n) is 2.98. The lowest BCUT2D eigenvalue weighted by Crippen LogP contribution is -2.24. The molecule has 1 aromatic carbocycles. The summed E-state index contributed by atoms with van der Waals surface area (Å²) in [7, 11) is 0. The van der Waals surface area contributed by atoms with Crippen molar-refractivity contribution in [3.05, 3.63) is 42.7 Å². The van der Waals surface area contributed by atoms with Crippen LogP contribution in [0.2, 0.25) is 0 Å². The van der Waals surface area contributed by atoms with E-state index in [9.17, 15) is 4.79 Å². The van der Waals surface area contributed by atoms with Crippen LogP contribution >= 0.6 is 0 Å². The van der Waals surface area contributed by atoms with Crippen molar-refractivity contribution in [2.45, 2.75) is 25.8 Å². The Balaban J connectivity index is 2.05. The van der Waals surface area contributed by atoms with Gasteiger partial charge in [0.15, 0.2) is 0 Å². The molecule has 4 nitrogen and oxygen atoms in total. The molecule has 20 heavy (non-hydrogen) atoms. The summed E-state index contributed by atoms with van der Waals surface area (Å²) in [6.07, 6.45) is 2.44. The average molecular weight is 269 g/mol. The number of carbonyl (C=O) groups excluding carboxylic acids is 1. The van der Waals surface area contributed by atoms with Gasteiger partial charge < -0.3 is 9.47 Å². The summed E-state index contributed by atoms with van der Waals surface area (Å²) in [6, 6.07) is 8.11. The zero-order chi connectivity index (χ0) is 14.1. The summed E-state index contributed by atoms with van der Waals surface area (Å²) in [4.78, 5) is 18.6. The second kappa shape index (κ2) is 5.12. The first-order chi connectivity index (χ1) is 9.74. The SMILES string of the molecule is C=CCn1c(C2CC(=O)N(CC)C2)nc2ccccc21. The molecule has 1 fully saturated rings. The topological polar surface area (TPSA) is 38.1 Å². The van der Waals surface area contributed by atoms with Crippen LogP contribution in [0.4, 0.5) is 0 Å². The second-order valence-corrected chi connectivity index (χ2v) is 5.19. The van der Waals surface area contributed by atoms with E-state index in [1.807, 2.05) is 36.1 Å². The van der Waals surface area contributed by atoms with Crippen LogP contribution in [-0.4, -0.2) is 33.4 Å². The summed E-state index contributed by atoms with van der Waals surface area (Å²) < 4.78 is 2.18. The lowest BCUT2D eigenvalue weighted by atomic mass is 10.1. The van der Waals surface area contributed by atoms with E-state index in [1.54, 1.807) is 0 Å². The Morgan fingerprint density at radius 3 is 2.95 bits per heavy atom. The van der Waals surface area contributed by atoms with Crippen LogP contribution in [0.15, 0.2) is 36.9 Å². The molecule has 1 saturated heterocycles. The Hall–Kier alpha value is -2.10. The summed E-state index contributed by atoms with van der Waals surface area (Å²) in [5.41, 5.74) is 2.11. The van der Waals surface area contributed by atoms with Crippen LogP contribution in [0.5, 0.6) is 0 Å². The van der Waals surface area contributed by atoms with Gasteiger partial charge in [-0.15, -0.1) is 6.58 Å². The average Bonchev–Trinajstić information content (AvgIpc) is 3.00. The number of carbonyl (C=O) groups is 1. The molecule has 2 aromatic rings. The summed E-state index contributed by atoms with van der Waals surface area (Å²) in [5, 5.41) is 0. The van der Waals surface area contributed by atoms with E-state index in [0.717, 1.165) is 36.5 Å². The van der Waals surface area contributed by atoms with E-state index in [0.29, 0.717) is 6.42 Å². The summed E-state index contributed by atoms with van der Waals surface area (Å²) >= 11 is 0. The highest BCUT2D eigenvalue weighted by Gasteiger charge is 2.32. The molecule has 0 radical (unpaired) electrons. The van der Waals surface area contributed by atoms with Gasteiger partial charge in [0, 0.05) is 32.0 Å². The standard InChI is InChI=1S/C16H19N3O/c1-3-9-19-14-8-6-5-7-13(14)17-16(19)12-10-15(20)18(4-2)11-12/h3,5-8,12H,1,4,9-11H2,2H3. The molecule has 0 N–H and O–H groups in total. The van der Waals surface area contributed by atoms with Gasteiger partial charge >= 0.3 is 0 Å². The zero-order valence-corrected chi connectivity index (χ0v) is 11.7. The molecule has 1 atom stereocenters. The van der Waals surface area contributed by atoms with E-state index in [1.165, 1.54) is 0 Å². The van der Waals surface area contributed by atoms with E-state index >= 15 is 0 Å². The Bertz CT molecular complexity index is 659. The third-order valence-electron chi connectivity index (χ3n) is 3.96. The molecule has 1 aliphatic heterocycles. The van der Waals surface area contributed by atoms with Gasteiger partial charge in [-0.3, -0.25) is 4.79 Å². The van der Waals surface area contributed by atoms with E-state index in [2.05, 4.69) is 17.2 Å². The van der Waals surface area contributed by atoms with Crippen LogP contribution in [0.3, 0.4) is 0 Å². The quantitative estimate of drug-likeness (QED) is 0.800. The van der Waals surface area contributed by atoms with Crippen LogP contribution in [0, 0.1) is 0 Å². The Morgan fingerprint density at radius 2 is 2.25 bits per heavy atom. The molecule has 3 rings (SSSR count). The van der Waals surface area contributed by atoms with Crippen molar-refractivity contribution in [3.63, 3.8) is 0 Å². The van der Waals surface area contributed by atoms with Crippen molar-refractivity contribution in [3.8, 4) is 0 Å². The number of imidazole rings is 1. The van der Waals surface area contributed by atoms with Gasteiger partial charge in [-0.25, -0.2) is 4.98 Å². The predicted octanol–water partition coefficient (Wildman–Crippen LogP) is 2.56. The van der Waals surface area contributed by atoms with Crippen LogP contribution in [-0.2, 0) is 11.3 Å². The third kappa shape index (κ3) is 2.01. The normalized spacial score (nSPS) is 18.9. The Kier molecular flexibility index (Phi) is 3.30. The van der Waals surface area contributed by atoms with Gasteiger partial charge in [0.1, 0.15) is 5.82 Å². The number of rotatable bonds is 4. The molecule has 1 aromatic heterocycles. The molecule has 1 aliphatic rings. The number of hydrogen-bond acceptors (Lipinski definition) is 2. The molecule has 104 valence electrons. The first kappa shape index (κ1) is 12.9. The zero-order valence-electron chi connectivity index (χ0n) is 11.7. The Labute approximate surface area is 118 Å². The number of aromatic nitrogens is 2. The van der Waals surface area contributed by atoms with Crippen molar-refractivity contribution < 1.29 is 4.79 Å². The number of benzene rings is 1. The van der Waals surface area contributed by atoms with Gasteiger partial charge in [-0.2, -0.15) is 0 Å². The second-order valence-electron chi connectivity index (χ2n) is 5.19. The highest BCUT2D eigenvalue weighted by molar-refractivity contribution is 5.80. The number of likely N-dealkylation sites (N-methyl/N-ethyl adjacent to an activating group) is 1. The molecule has 0 bridgehead atoms. The number of allylic oxidation sites excluding steroid dienone is 1. The third-order valence-corrected chi connectivity index (χ3v) is 3.96. The maximum atomic E-state index is 11.9. The fraction of sp³-hybridized carbons (Fsp3) is 0.375. The minimum Gasteiger partial charge on any atom is -0.342 e. The van der Waals surface area contributed by atoms with Gasteiger partial charge in [-0.1, -0.05) is 18.2 Å². The van der Waals surface area contributed by atoms with Gasteiger partial charge in [0.05, 0.1) is 11.0 Å². The number of amides is 1. The molecule has 0 spiro atoms. The highest BCUT2D eigenvalue weighted by Crippen LogP contribution is 2.30. The van der Waals surface area contributed by atoms with Gasteiger partial charge in [0.2, 0.25) is 5.91 Å². The van der Waals surface area contributed by atoms with Gasteiger partial charge in [-0.05, 0) is 19.1 Å². The van der Waals surface area contributed by atoms with Gasteiger partial charge in [0.25, 0.3) is 0 Å². The number of likely N-dealkylation sites (tertiary alicyclic amines) is 1. The van der Waals surface area contributed by atoms with Crippen molar-refractivity contribution >= 4 is 16.9 Å². The highest BCUT2D eigenvalue weighted by atomic mass is 16.2. The first-order valence-corrected chi connectivity index (χ1v) is 7.08. The monoisotopic (exact) mass is 269 g/mol. The molecule has 2 heterocycles. The van der Waals surface area contributed by atoms with Crippen molar-refractivity contribution in [1.29, 1.82) is 0 Å². The summed E-state index contributed by atoms with van der Waals surface area (Å²) in [6.45, 7) is 8.13. The van der Waals surface area contributed by atoms with Crippen molar-refractivity contribution in [2.75, 3.05) is 13.1 Å². The lowest BCUT2D eigenvalue weighted by molar-refractivity contribution is -0.127. The molecule has 0 saturated carbocycles. The van der Waals surface area contributed by atoms with Crippen LogP contribution in [0.1, 0.15) is 25.1 Å². The maximum Gasteiger partial charge on any atom is 0.223 e. The molecular formula is C16H19N3O. The molecule has 1 unspecified atom stereocenters. The fourth-order valence-corrected chi connectivity index (χ4v) is 2.98. The molecule has 0 aliphatic carbocycles. The number of nitrogens with zero attached hydrogens (tertiary/aromatic N) is 3. The number of hydrogen-bond donors (Lipinski definition) is 0. The lowest BCUT2D eigenvalue weighted by Gasteiger charge is -2.14. The molecule has 1 amide bonds. The first-order valence-electron chi connectivity index (χ1n) is 7.08. The predicted molar refractivity (Wildman–Crippen MR) is 79.5 cm³/mol. The van der Waals surface area contributed by atoms with Crippen LogP contribution < -0.4 is 0 Å². The molecule has 4 heteroatoms. The number of para-hydroxylation sites is 2. The van der Waals surface area contributed by atoms with E-state index < -0.39 is 0 Å². The van der Waals surface area contributed by atoms with E-state index in [4.69, 9.17) is 4.98 Å². The minimum absolute atomic E-state index is 0.190. The van der Waals surface area contributed by atoms with Crippen LogP contribution in [0.25, 0.3) is 11.0 Å². The number of fused-ring (bicyclic) bond motifs is 1. The Morgan fingerprint density at radius 1 is 1.45 bits per heavy atom. The largest absolute Gasteiger partial charge is 0.342 e. The molecular weight excluding hydrogens is 250 g/mol. The smallest absolute Gasteiger partial charge is 0.223 e. The summed E-state index contributed by atoms with van der Waals surface area (Å²) in [5.74, 6) is 1.43. The maximum absolute atomic E-state index is 11.9. The van der Waals surface area contributed by atoms with Crippen molar-refractivity contribution in [1.82, 2.24) is 14.5 Å². The van der Waals surface area contributed by atoms with E-state index in [-0.39, 0.29) is 11.8 Å².